The highest BCUT2D eigenvalue weighted by atomic mass is 35.5. The summed E-state index contributed by atoms with van der Waals surface area (Å²) in [5, 5.41) is 6.92. The van der Waals surface area contributed by atoms with Crippen LogP contribution in [0.4, 0.5) is 0 Å². The van der Waals surface area contributed by atoms with Gasteiger partial charge < -0.3 is 10.6 Å². The van der Waals surface area contributed by atoms with Gasteiger partial charge in [0.15, 0.2) is 0 Å². The second kappa shape index (κ2) is 9.93. The van der Waals surface area contributed by atoms with Crippen LogP contribution in [0.1, 0.15) is 39.5 Å². The standard InChI is InChI=1S/C13H26N2OS.ClH/c1-4-17-12-8-6-5-7-11(12)15-13(16)10(2)9-14-3;/h10-12,14H,4-9H2,1-3H3,(H,15,16);1H. The molecule has 1 rings (SSSR count). The molecule has 1 aliphatic carbocycles. The van der Waals surface area contributed by atoms with E-state index in [1.807, 2.05) is 25.7 Å². The van der Waals surface area contributed by atoms with Gasteiger partial charge in [-0.2, -0.15) is 11.8 Å². The van der Waals surface area contributed by atoms with Crippen molar-refractivity contribution >= 4 is 30.1 Å². The molecule has 1 saturated carbocycles. The van der Waals surface area contributed by atoms with Crippen LogP contribution in [0.25, 0.3) is 0 Å². The van der Waals surface area contributed by atoms with Gasteiger partial charge in [-0.1, -0.05) is 26.7 Å². The van der Waals surface area contributed by atoms with Crippen molar-refractivity contribution in [2.75, 3.05) is 19.3 Å². The highest BCUT2D eigenvalue weighted by molar-refractivity contribution is 7.99. The molecule has 18 heavy (non-hydrogen) atoms. The second-order valence-electron chi connectivity index (χ2n) is 4.85. The van der Waals surface area contributed by atoms with Gasteiger partial charge in [0.25, 0.3) is 0 Å². The summed E-state index contributed by atoms with van der Waals surface area (Å²) < 4.78 is 0. The second-order valence-corrected chi connectivity index (χ2v) is 6.37. The minimum absolute atomic E-state index is 0. The van der Waals surface area contributed by atoms with E-state index in [1.165, 1.54) is 19.3 Å². The Morgan fingerprint density at radius 3 is 2.67 bits per heavy atom. The average Bonchev–Trinajstić information content (AvgIpc) is 2.32. The lowest BCUT2D eigenvalue weighted by Crippen LogP contribution is -2.47. The predicted molar refractivity (Wildman–Crippen MR) is 82.7 cm³/mol. The topological polar surface area (TPSA) is 41.1 Å². The first-order valence-corrected chi connectivity index (χ1v) is 7.80. The zero-order valence-electron chi connectivity index (χ0n) is 11.7. The molecule has 0 aromatic heterocycles. The van der Waals surface area contributed by atoms with Crippen LogP contribution in [-0.2, 0) is 4.79 Å². The summed E-state index contributed by atoms with van der Waals surface area (Å²) in [6.45, 7) is 4.93. The average molecular weight is 295 g/mol. The van der Waals surface area contributed by atoms with E-state index in [1.54, 1.807) is 0 Å². The third-order valence-electron chi connectivity index (χ3n) is 3.37. The summed E-state index contributed by atoms with van der Waals surface area (Å²) in [6.07, 6.45) is 4.97. The molecule has 0 aliphatic heterocycles. The van der Waals surface area contributed by atoms with E-state index in [9.17, 15) is 4.79 Å². The number of thioether (sulfide) groups is 1. The quantitative estimate of drug-likeness (QED) is 0.791. The molecule has 1 amide bonds. The Kier molecular flexibility index (Phi) is 9.97. The minimum Gasteiger partial charge on any atom is -0.352 e. The van der Waals surface area contributed by atoms with Crippen molar-refractivity contribution in [2.24, 2.45) is 5.92 Å². The van der Waals surface area contributed by atoms with Crippen molar-refractivity contribution in [3.63, 3.8) is 0 Å². The third kappa shape index (κ3) is 5.81. The molecular formula is C13H27ClN2OS. The summed E-state index contributed by atoms with van der Waals surface area (Å²) >= 11 is 2.00. The zero-order valence-corrected chi connectivity index (χ0v) is 13.3. The van der Waals surface area contributed by atoms with Gasteiger partial charge in [-0.3, -0.25) is 4.79 Å². The first kappa shape index (κ1) is 18.1. The van der Waals surface area contributed by atoms with Crippen LogP contribution < -0.4 is 10.6 Å². The van der Waals surface area contributed by atoms with Crippen molar-refractivity contribution in [1.29, 1.82) is 0 Å². The highest BCUT2D eigenvalue weighted by Gasteiger charge is 2.27. The van der Waals surface area contributed by atoms with E-state index in [2.05, 4.69) is 17.6 Å². The molecule has 1 aliphatic rings. The lowest BCUT2D eigenvalue weighted by Gasteiger charge is -2.32. The number of hydrogen-bond donors (Lipinski definition) is 2. The Labute approximate surface area is 122 Å². The maximum Gasteiger partial charge on any atom is 0.224 e. The molecule has 1 fully saturated rings. The van der Waals surface area contributed by atoms with Crippen molar-refractivity contribution < 1.29 is 4.79 Å². The Morgan fingerprint density at radius 2 is 2.06 bits per heavy atom. The molecule has 0 spiro atoms. The van der Waals surface area contributed by atoms with Gasteiger partial charge in [-0.05, 0) is 25.6 Å². The van der Waals surface area contributed by atoms with Gasteiger partial charge >= 0.3 is 0 Å². The molecule has 2 N–H and O–H groups in total. The largest absolute Gasteiger partial charge is 0.352 e. The highest BCUT2D eigenvalue weighted by Crippen LogP contribution is 2.28. The number of rotatable bonds is 6. The molecular weight excluding hydrogens is 268 g/mol. The lowest BCUT2D eigenvalue weighted by atomic mass is 9.94. The predicted octanol–water partition coefficient (Wildman–Crippen LogP) is 2.44. The van der Waals surface area contributed by atoms with E-state index in [-0.39, 0.29) is 24.2 Å². The molecule has 0 heterocycles. The number of carbonyl (C=O) groups is 1. The molecule has 0 saturated heterocycles. The smallest absolute Gasteiger partial charge is 0.224 e. The third-order valence-corrected chi connectivity index (χ3v) is 4.69. The summed E-state index contributed by atoms with van der Waals surface area (Å²) in [5.74, 6) is 1.41. The Bertz CT molecular complexity index is 239. The first-order valence-electron chi connectivity index (χ1n) is 6.75. The lowest BCUT2D eigenvalue weighted by molar-refractivity contribution is -0.125. The monoisotopic (exact) mass is 294 g/mol. The van der Waals surface area contributed by atoms with Gasteiger partial charge in [0.2, 0.25) is 5.91 Å². The van der Waals surface area contributed by atoms with Crippen LogP contribution in [0.5, 0.6) is 0 Å². The molecule has 3 nitrogen and oxygen atoms in total. The van der Waals surface area contributed by atoms with Gasteiger partial charge in [-0.25, -0.2) is 0 Å². The number of carbonyl (C=O) groups excluding carboxylic acids is 1. The summed E-state index contributed by atoms with van der Waals surface area (Å²) in [6, 6.07) is 0.389. The van der Waals surface area contributed by atoms with Crippen LogP contribution in [0.3, 0.4) is 0 Å². The molecule has 0 radical (unpaired) electrons. The molecule has 0 aromatic carbocycles. The van der Waals surface area contributed by atoms with E-state index >= 15 is 0 Å². The van der Waals surface area contributed by atoms with Crippen molar-refractivity contribution in [2.45, 2.75) is 50.8 Å². The molecule has 108 valence electrons. The summed E-state index contributed by atoms with van der Waals surface area (Å²) in [4.78, 5) is 12.0. The number of hydrogen-bond acceptors (Lipinski definition) is 3. The van der Waals surface area contributed by atoms with Crippen LogP contribution in [0.2, 0.25) is 0 Å². The fourth-order valence-electron chi connectivity index (χ4n) is 2.40. The molecule has 3 unspecified atom stereocenters. The first-order chi connectivity index (χ1) is 8.19. The Morgan fingerprint density at radius 1 is 1.39 bits per heavy atom. The fraction of sp³-hybridized carbons (Fsp3) is 0.923. The summed E-state index contributed by atoms with van der Waals surface area (Å²) in [7, 11) is 1.89. The van der Waals surface area contributed by atoms with E-state index < -0.39 is 0 Å². The molecule has 0 aromatic rings. The molecule has 0 bridgehead atoms. The zero-order chi connectivity index (χ0) is 12.7. The fourth-order valence-corrected chi connectivity index (χ4v) is 3.60. The normalized spacial score (nSPS) is 25.1. The maximum absolute atomic E-state index is 12.0. The minimum atomic E-state index is 0. The van der Waals surface area contributed by atoms with Crippen LogP contribution >= 0.6 is 24.2 Å². The molecule has 5 heteroatoms. The molecule has 3 atom stereocenters. The van der Waals surface area contributed by atoms with Crippen molar-refractivity contribution in [1.82, 2.24) is 10.6 Å². The number of nitrogens with one attached hydrogen (secondary N) is 2. The van der Waals surface area contributed by atoms with Crippen LogP contribution in [0, 0.1) is 5.92 Å². The van der Waals surface area contributed by atoms with Crippen LogP contribution in [-0.4, -0.2) is 36.5 Å². The van der Waals surface area contributed by atoms with Crippen molar-refractivity contribution in [3.8, 4) is 0 Å². The van der Waals surface area contributed by atoms with Gasteiger partial charge in [0.05, 0.1) is 0 Å². The van der Waals surface area contributed by atoms with Gasteiger partial charge in [0.1, 0.15) is 0 Å². The van der Waals surface area contributed by atoms with E-state index in [0.717, 1.165) is 18.7 Å². The van der Waals surface area contributed by atoms with E-state index in [0.29, 0.717) is 11.3 Å². The summed E-state index contributed by atoms with van der Waals surface area (Å²) in [5.41, 5.74) is 0. The van der Waals surface area contributed by atoms with Crippen molar-refractivity contribution in [3.05, 3.63) is 0 Å². The van der Waals surface area contributed by atoms with Crippen LogP contribution in [0.15, 0.2) is 0 Å². The number of halogens is 1. The SMILES string of the molecule is CCSC1CCCCC1NC(=O)C(C)CNC.Cl. The number of amides is 1. The Hall–Kier alpha value is 0.0700. The maximum atomic E-state index is 12.0. The van der Waals surface area contributed by atoms with Gasteiger partial charge in [0, 0.05) is 23.8 Å². The van der Waals surface area contributed by atoms with Gasteiger partial charge in [-0.15, -0.1) is 12.4 Å². The van der Waals surface area contributed by atoms with E-state index in [4.69, 9.17) is 0 Å². The Balaban J connectivity index is 0.00000289.